The zero-order chi connectivity index (χ0) is 18.4. The quantitative estimate of drug-likeness (QED) is 0.707. The summed E-state index contributed by atoms with van der Waals surface area (Å²) in [6.07, 6.45) is 0.152. The maximum atomic E-state index is 11.9. The number of carboxylic acid groups (broad SMARTS) is 1. The van der Waals surface area contributed by atoms with E-state index in [1.165, 1.54) is 11.3 Å². The van der Waals surface area contributed by atoms with Crippen molar-refractivity contribution < 1.29 is 19.5 Å². The fourth-order valence-corrected chi connectivity index (χ4v) is 2.74. The van der Waals surface area contributed by atoms with E-state index >= 15 is 0 Å². The zero-order valence-electron chi connectivity index (χ0n) is 14.0. The molecule has 0 saturated carbocycles. The number of hydrogen-bond acceptors (Lipinski definition) is 4. The average molecular weight is 360 g/mol. The third kappa shape index (κ3) is 4.90. The lowest BCUT2D eigenvalue weighted by Gasteiger charge is -2.19. The molecule has 1 heterocycles. The molecule has 25 heavy (non-hydrogen) atoms. The Labute approximate surface area is 149 Å². The molecule has 0 spiro atoms. The summed E-state index contributed by atoms with van der Waals surface area (Å²) in [5, 5.41) is 16.4. The molecule has 0 saturated heterocycles. The summed E-state index contributed by atoms with van der Waals surface area (Å²) in [7, 11) is 0. The smallest absolute Gasteiger partial charge is 0.313 e. The van der Waals surface area contributed by atoms with Crippen molar-refractivity contribution in [2.75, 3.05) is 11.9 Å². The van der Waals surface area contributed by atoms with Gasteiger partial charge in [-0.1, -0.05) is 18.2 Å². The second kappa shape index (κ2) is 7.94. The number of anilines is 1. The van der Waals surface area contributed by atoms with Crippen molar-refractivity contribution in [2.24, 2.45) is 0 Å². The van der Waals surface area contributed by atoms with E-state index in [1.807, 2.05) is 5.38 Å². The molecule has 2 amide bonds. The van der Waals surface area contributed by atoms with E-state index in [4.69, 9.17) is 0 Å². The van der Waals surface area contributed by atoms with Crippen molar-refractivity contribution in [3.05, 3.63) is 52.2 Å². The first kappa shape index (κ1) is 18.7. The van der Waals surface area contributed by atoms with Gasteiger partial charge in [-0.05, 0) is 43.0 Å². The molecule has 7 heteroatoms. The third-order valence-electron chi connectivity index (χ3n) is 3.81. The molecule has 2 rings (SSSR count). The molecule has 0 bridgehead atoms. The molecule has 0 aliphatic heterocycles. The van der Waals surface area contributed by atoms with Gasteiger partial charge in [0.2, 0.25) is 5.91 Å². The molecule has 132 valence electrons. The molecular formula is C18H20N2O4S. The summed E-state index contributed by atoms with van der Waals surface area (Å²) in [5.74, 6) is -1.33. The van der Waals surface area contributed by atoms with Gasteiger partial charge in [-0.3, -0.25) is 14.4 Å². The molecule has 0 radical (unpaired) electrons. The highest BCUT2D eigenvalue weighted by atomic mass is 32.1. The van der Waals surface area contributed by atoms with Crippen LogP contribution in [0.2, 0.25) is 0 Å². The van der Waals surface area contributed by atoms with E-state index in [0.29, 0.717) is 16.1 Å². The molecule has 6 nitrogen and oxygen atoms in total. The number of benzene rings is 1. The molecule has 3 N–H and O–H groups in total. The van der Waals surface area contributed by atoms with E-state index < -0.39 is 11.4 Å². The van der Waals surface area contributed by atoms with Crippen LogP contribution >= 0.6 is 11.3 Å². The number of amides is 2. The van der Waals surface area contributed by atoms with Crippen LogP contribution in [0.3, 0.4) is 0 Å². The standard InChI is InChI=1S/C18H20N2O4S/c1-18(2,17(23)24)12-5-7-13(8-6-12)20-15(21)9-10-19-16(22)14-4-3-11-25-14/h3-8,11H,9-10H2,1-2H3,(H,19,22)(H,20,21)(H,23,24). The van der Waals surface area contributed by atoms with Crippen LogP contribution in [0.15, 0.2) is 41.8 Å². The molecule has 1 aromatic carbocycles. The van der Waals surface area contributed by atoms with Gasteiger partial charge >= 0.3 is 5.97 Å². The SMILES string of the molecule is CC(C)(C(=O)O)c1ccc(NC(=O)CCNC(=O)c2cccs2)cc1. The predicted molar refractivity (Wildman–Crippen MR) is 97.0 cm³/mol. The largest absolute Gasteiger partial charge is 0.481 e. The number of rotatable bonds is 7. The van der Waals surface area contributed by atoms with Crippen LogP contribution in [-0.2, 0) is 15.0 Å². The number of carboxylic acids is 1. The molecular weight excluding hydrogens is 340 g/mol. The Balaban J connectivity index is 1.82. The van der Waals surface area contributed by atoms with Crippen molar-refractivity contribution in [1.82, 2.24) is 5.32 Å². The highest BCUT2D eigenvalue weighted by Gasteiger charge is 2.29. The van der Waals surface area contributed by atoms with Gasteiger partial charge in [0.1, 0.15) is 0 Å². The van der Waals surface area contributed by atoms with Gasteiger partial charge in [-0.2, -0.15) is 0 Å². The summed E-state index contributed by atoms with van der Waals surface area (Å²) in [6, 6.07) is 10.2. The zero-order valence-corrected chi connectivity index (χ0v) is 14.9. The number of carbonyl (C=O) groups excluding carboxylic acids is 2. The van der Waals surface area contributed by atoms with Gasteiger partial charge in [-0.15, -0.1) is 11.3 Å². The summed E-state index contributed by atoms with van der Waals surface area (Å²) in [5.41, 5.74) is 0.245. The van der Waals surface area contributed by atoms with Crippen molar-refractivity contribution in [1.29, 1.82) is 0 Å². The predicted octanol–water partition coefficient (Wildman–Crippen LogP) is 2.87. The Bertz CT molecular complexity index is 752. The first-order valence-electron chi connectivity index (χ1n) is 7.76. The summed E-state index contributed by atoms with van der Waals surface area (Å²) < 4.78 is 0. The summed E-state index contributed by atoms with van der Waals surface area (Å²) in [4.78, 5) is 35.5. The van der Waals surface area contributed by atoms with Crippen molar-refractivity contribution in [3.8, 4) is 0 Å². The van der Waals surface area contributed by atoms with Crippen LogP contribution in [0.25, 0.3) is 0 Å². The van der Waals surface area contributed by atoms with Crippen LogP contribution in [-0.4, -0.2) is 29.4 Å². The van der Waals surface area contributed by atoms with Crippen LogP contribution in [0.1, 0.15) is 35.5 Å². The Hall–Kier alpha value is -2.67. The number of thiophene rings is 1. The third-order valence-corrected chi connectivity index (χ3v) is 4.68. The lowest BCUT2D eigenvalue weighted by atomic mass is 9.85. The summed E-state index contributed by atoms with van der Waals surface area (Å²) >= 11 is 1.34. The van der Waals surface area contributed by atoms with Crippen LogP contribution < -0.4 is 10.6 Å². The van der Waals surface area contributed by atoms with Gasteiger partial charge in [0.25, 0.3) is 5.91 Å². The number of hydrogen-bond donors (Lipinski definition) is 3. The van der Waals surface area contributed by atoms with Crippen molar-refractivity contribution in [2.45, 2.75) is 25.7 Å². The second-order valence-electron chi connectivity index (χ2n) is 6.04. The molecule has 0 fully saturated rings. The molecule has 0 aliphatic rings. The van der Waals surface area contributed by atoms with Crippen LogP contribution in [0.5, 0.6) is 0 Å². The Kier molecular flexibility index (Phi) is 5.93. The van der Waals surface area contributed by atoms with Gasteiger partial charge in [-0.25, -0.2) is 0 Å². The van der Waals surface area contributed by atoms with E-state index in [1.54, 1.807) is 50.2 Å². The Morgan fingerprint density at radius 3 is 2.36 bits per heavy atom. The minimum atomic E-state index is -0.991. The molecule has 0 aliphatic carbocycles. The average Bonchev–Trinajstić information content (AvgIpc) is 3.09. The fraction of sp³-hybridized carbons (Fsp3) is 0.278. The van der Waals surface area contributed by atoms with Crippen molar-refractivity contribution >= 4 is 34.8 Å². The maximum absolute atomic E-state index is 11.9. The monoisotopic (exact) mass is 360 g/mol. The second-order valence-corrected chi connectivity index (χ2v) is 6.99. The number of nitrogens with one attached hydrogen (secondary N) is 2. The molecule has 0 unspecified atom stereocenters. The van der Waals surface area contributed by atoms with E-state index in [0.717, 1.165) is 0 Å². The minimum Gasteiger partial charge on any atom is -0.481 e. The number of aliphatic carboxylic acids is 1. The number of carbonyl (C=O) groups is 3. The van der Waals surface area contributed by atoms with E-state index in [2.05, 4.69) is 10.6 Å². The minimum absolute atomic E-state index is 0.152. The highest BCUT2D eigenvalue weighted by molar-refractivity contribution is 7.12. The maximum Gasteiger partial charge on any atom is 0.313 e. The molecule has 1 aromatic heterocycles. The first-order valence-corrected chi connectivity index (χ1v) is 8.64. The lowest BCUT2D eigenvalue weighted by molar-refractivity contribution is -0.142. The van der Waals surface area contributed by atoms with Gasteiger partial charge in [0, 0.05) is 18.7 Å². The Morgan fingerprint density at radius 1 is 1.12 bits per heavy atom. The van der Waals surface area contributed by atoms with Gasteiger partial charge in [0.05, 0.1) is 10.3 Å². The fourth-order valence-electron chi connectivity index (χ4n) is 2.10. The lowest BCUT2D eigenvalue weighted by Crippen LogP contribution is -2.28. The first-order chi connectivity index (χ1) is 11.8. The van der Waals surface area contributed by atoms with Gasteiger partial charge < -0.3 is 15.7 Å². The van der Waals surface area contributed by atoms with Gasteiger partial charge in [0.15, 0.2) is 0 Å². The molecule has 2 aromatic rings. The van der Waals surface area contributed by atoms with Crippen LogP contribution in [0.4, 0.5) is 5.69 Å². The normalized spacial score (nSPS) is 11.0. The summed E-state index contributed by atoms with van der Waals surface area (Å²) in [6.45, 7) is 3.49. The molecule has 0 atom stereocenters. The van der Waals surface area contributed by atoms with Crippen molar-refractivity contribution in [3.63, 3.8) is 0 Å². The highest BCUT2D eigenvalue weighted by Crippen LogP contribution is 2.24. The van der Waals surface area contributed by atoms with E-state index in [9.17, 15) is 19.5 Å². The Morgan fingerprint density at radius 2 is 1.80 bits per heavy atom. The van der Waals surface area contributed by atoms with E-state index in [-0.39, 0.29) is 24.8 Å². The van der Waals surface area contributed by atoms with Crippen LogP contribution in [0, 0.1) is 0 Å². The topological polar surface area (TPSA) is 95.5 Å².